The molecule has 1 heterocycles. The van der Waals surface area contributed by atoms with Crippen molar-refractivity contribution < 1.29 is 0 Å². The first-order valence-electron chi connectivity index (χ1n) is 4.36. The summed E-state index contributed by atoms with van der Waals surface area (Å²) in [5.41, 5.74) is 0.844. The smallest absolute Gasteiger partial charge is 0.0854 e. The van der Waals surface area contributed by atoms with Crippen LogP contribution in [0.4, 0.5) is 0 Å². The molecule has 0 bridgehead atoms. The number of rotatable bonds is 3. The Kier molecular flexibility index (Phi) is 1.70. The first-order valence-corrected chi connectivity index (χ1v) is 4.36. The summed E-state index contributed by atoms with van der Waals surface area (Å²) in [6.45, 7) is 4.35. The summed E-state index contributed by atoms with van der Waals surface area (Å²) < 4.78 is 1.81. The summed E-state index contributed by atoms with van der Waals surface area (Å²) in [5.74, 6) is 0. The van der Waals surface area contributed by atoms with Crippen molar-refractivity contribution in [1.82, 2.24) is 9.78 Å². The Morgan fingerprint density at radius 3 is 3.08 bits per heavy atom. The fourth-order valence-corrected chi connectivity index (χ4v) is 1.43. The van der Waals surface area contributed by atoms with Crippen LogP contribution < -0.4 is 0 Å². The summed E-state index contributed by atoms with van der Waals surface area (Å²) in [4.78, 5) is 0. The lowest BCUT2D eigenvalue weighted by atomic mass is 10.0. The van der Waals surface area contributed by atoms with Gasteiger partial charge in [-0.3, -0.25) is 4.68 Å². The van der Waals surface area contributed by atoms with Crippen molar-refractivity contribution in [3.05, 3.63) is 30.6 Å². The molecule has 0 N–H and O–H groups in total. The Morgan fingerprint density at radius 1 is 1.77 bits per heavy atom. The van der Waals surface area contributed by atoms with E-state index >= 15 is 0 Å². The maximum atomic E-state index is 8.94. The highest BCUT2D eigenvalue weighted by molar-refractivity contribution is 5.35. The van der Waals surface area contributed by atoms with Crippen LogP contribution in [-0.2, 0) is 12.0 Å². The first-order chi connectivity index (χ1) is 6.30. The summed E-state index contributed by atoms with van der Waals surface area (Å²) >= 11 is 0. The summed E-state index contributed by atoms with van der Waals surface area (Å²) in [6, 6.07) is 2.34. The third-order valence-corrected chi connectivity index (χ3v) is 2.47. The predicted molar refractivity (Wildman–Crippen MR) is 48.9 cm³/mol. The van der Waals surface area contributed by atoms with Gasteiger partial charge in [-0.1, -0.05) is 6.08 Å². The number of hydrogen-bond acceptors (Lipinski definition) is 2. The predicted octanol–water partition coefficient (Wildman–Crippen LogP) is 1.62. The van der Waals surface area contributed by atoms with E-state index in [2.05, 4.69) is 17.7 Å². The van der Waals surface area contributed by atoms with Gasteiger partial charge in [0.15, 0.2) is 0 Å². The zero-order valence-electron chi connectivity index (χ0n) is 7.40. The van der Waals surface area contributed by atoms with Crippen LogP contribution >= 0.6 is 0 Å². The molecule has 0 saturated heterocycles. The Labute approximate surface area is 77.3 Å². The van der Waals surface area contributed by atoms with Crippen molar-refractivity contribution in [2.75, 3.05) is 0 Å². The van der Waals surface area contributed by atoms with E-state index in [1.165, 1.54) is 0 Å². The molecule has 13 heavy (non-hydrogen) atoms. The van der Waals surface area contributed by atoms with Crippen LogP contribution in [0.2, 0.25) is 0 Å². The van der Waals surface area contributed by atoms with Gasteiger partial charge in [0.2, 0.25) is 0 Å². The molecule has 1 aromatic heterocycles. The van der Waals surface area contributed by atoms with E-state index < -0.39 is 0 Å². The molecule has 1 aliphatic carbocycles. The standard InChI is InChI=1S/C10H11N3/c1-2-5-13-7-9(6-12-13)10(8-11)3-4-10/h2,6-7H,1,3-5H2. The van der Waals surface area contributed by atoms with E-state index in [9.17, 15) is 0 Å². The third-order valence-electron chi connectivity index (χ3n) is 2.47. The minimum atomic E-state index is -0.209. The fourth-order valence-electron chi connectivity index (χ4n) is 1.43. The molecule has 3 heteroatoms. The van der Waals surface area contributed by atoms with Gasteiger partial charge < -0.3 is 0 Å². The van der Waals surface area contributed by atoms with Gasteiger partial charge in [0.1, 0.15) is 0 Å². The van der Waals surface area contributed by atoms with Crippen molar-refractivity contribution >= 4 is 0 Å². The summed E-state index contributed by atoms with van der Waals surface area (Å²) in [7, 11) is 0. The van der Waals surface area contributed by atoms with E-state index in [0.29, 0.717) is 6.54 Å². The second kappa shape index (κ2) is 2.74. The second-order valence-corrected chi connectivity index (χ2v) is 3.43. The molecule has 66 valence electrons. The molecule has 0 unspecified atom stereocenters. The molecule has 2 rings (SSSR count). The largest absolute Gasteiger partial charge is 0.269 e. The summed E-state index contributed by atoms with van der Waals surface area (Å²) in [5, 5.41) is 13.1. The third kappa shape index (κ3) is 1.25. The van der Waals surface area contributed by atoms with E-state index in [4.69, 9.17) is 5.26 Å². The van der Waals surface area contributed by atoms with Gasteiger partial charge in [0, 0.05) is 11.8 Å². The molecule has 3 nitrogen and oxygen atoms in total. The first kappa shape index (κ1) is 8.06. The monoisotopic (exact) mass is 173 g/mol. The van der Waals surface area contributed by atoms with Crippen LogP contribution in [-0.4, -0.2) is 9.78 Å². The van der Waals surface area contributed by atoms with Gasteiger partial charge in [-0.25, -0.2) is 0 Å². The second-order valence-electron chi connectivity index (χ2n) is 3.43. The van der Waals surface area contributed by atoms with Crippen LogP contribution in [0.3, 0.4) is 0 Å². The molecular formula is C10H11N3. The SMILES string of the molecule is C=CCn1cc(C2(C#N)CC2)cn1. The lowest BCUT2D eigenvalue weighted by molar-refractivity contribution is 0.701. The number of allylic oxidation sites excluding steroid dienone is 1. The van der Waals surface area contributed by atoms with Gasteiger partial charge in [0.25, 0.3) is 0 Å². The normalized spacial score (nSPS) is 17.8. The molecule has 0 amide bonds. The Hall–Kier alpha value is -1.56. The zero-order valence-corrected chi connectivity index (χ0v) is 7.40. The average molecular weight is 173 g/mol. The van der Waals surface area contributed by atoms with Crippen molar-refractivity contribution in [3.8, 4) is 6.07 Å². The van der Waals surface area contributed by atoms with E-state index in [0.717, 1.165) is 18.4 Å². The Balaban J connectivity index is 2.23. The highest BCUT2D eigenvalue weighted by Crippen LogP contribution is 2.47. The highest BCUT2D eigenvalue weighted by atomic mass is 15.3. The molecule has 0 spiro atoms. The number of aromatic nitrogens is 2. The van der Waals surface area contributed by atoms with Crippen LogP contribution in [0, 0.1) is 11.3 Å². The van der Waals surface area contributed by atoms with Gasteiger partial charge in [-0.2, -0.15) is 10.4 Å². The Bertz CT molecular complexity index is 366. The zero-order chi connectivity index (χ0) is 9.31. The molecule has 0 aromatic carbocycles. The van der Waals surface area contributed by atoms with E-state index in [1.54, 1.807) is 17.0 Å². The minimum Gasteiger partial charge on any atom is -0.269 e. The van der Waals surface area contributed by atoms with Crippen molar-refractivity contribution in [2.45, 2.75) is 24.8 Å². The topological polar surface area (TPSA) is 41.6 Å². The quantitative estimate of drug-likeness (QED) is 0.652. The van der Waals surface area contributed by atoms with Crippen molar-refractivity contribution in [2.24, 2.45) is 0 Å². The number of nitriles is 1. The summed E-state index contributed by atoms with van der Waals surface area (Å²) in [6.07, 6.45) is 7.48. The van der Waals surface area contributed by atoms with E-state index in [-0.39, 0.29) is 5.41 Å². The molecule has 1 fully saturated rings. The minimum absolute atomic E-state index is 0.209. The number of nitrogens with zero attached hydrogens (tertiary/aromatic N) is 3. The van der Waals surface area contributed by atoms with Gasteiger partial charge in [-0.15, -0.1) is 6.58 Å². The lowest BCUT2D eigenvalue weighted by Gasteiger charge is -1.98. The Morgan fingerprint density at radius 2 is 2.54 bits per heavy atom. The van der Waals surface area contributed by atoms with Gasteiger partial charge in [0.05, 0.1) is 24.2 Å². The molecule has 1 saturated carbocycles. The van der Waals surface area contributed by atoms with Gasteiger partial charge in [-0.05, 0) is 12.8 Å². The lowest BCUT2D eigenvalue weighted by Crippen LogP contribution is -2.00. The van der Waals surface area contributed by atoms with Crippen LogP contribution in [0.1, 0.15) is 18.4 Å². The molecule has 1 aromatic rings. The maximum Gasteiger partial charge on any atom is 0.0854 e. The maximum absolute atomic E-state index is 8.94. The van der Waals surface area contributed by atoms with Crippen LogP contribution in [0.15, 0.2) is 25.0 Å². The molecular weight excluding hydrogens is 162 g/mol. The van der Waals surface area contributed by atoms with Crippen molar-refractivity contribution in [1.29, 1.82) is 5.26 Å². The molecule has 0 aliphatic heterocycles. The van der Waals surface area contributed by atoms with Crippen molar-refractivity contribution in [3.63, 3.8) is 0 Å². The van der Waals surface area contributed by atoms with Crippen LogP contribution in [0.5, 0.6) is 0 Å². The molecule has 0 radical (unpaired) electrons. The van der Waals surface area contributed by atoms with E-state index in [1.807, 2.05) is 6.20 Å². The highest BCUT2D eigenvalue weighted by Gasteiger charge is 2.45. The molecule has 0 atom stereocenters. The fraction of sp³-hybridized carbons (Fsp3) is 0.400. The van der Waals surface area contributed by atoms with Crippen LogP contribution in [0.25, 0.3) is 0 Å². The molecule has 1 aliphatic rings. The average Bonchev–Trinajstić information content (AvgIpc) is 2.82. The number of hydrogen-bond donors (Lipinski definition) is 0. The van der Waals surface area contributed by atoms with Gasteiger partial charge >= 0.3 is 0 Å².